The van der Waals surface area contributed by atoms with Crippen LogP contribution in [0.15, 0.2) is 59.1 Å². The van der Waals surface area contributed by atoms with E-state index in [4.69, 9.17) is 0 Å². The van der Waals surface area contributed by atoms with Gasteiger partial charge in [0.1, 0.15) is 12.6 Å². The maximum Gasteiger partial charge on any atom is 0.244 e. The van der Waals surface area contributed by atoms with E-state index in [2.05, 4.69) is 21.2 Å². The van der Waals surface area contributed by atoms with Gasteiger partial charge in [-0.3, -0.25) is 13.9 Å². The summed E-state index contributed by atoms with van der Waals surface area (Å²) in [6.45, 7) is 6.04. The Balaban J connectivity index is 2.28. The number of carbonyl (C=O) groups is 2. The summed E-state index contributed by atoms with van der Waals surface area (Å²) in [7, 11) is -3.73. The van der Waals surface area contributed by atoms with E-state index in [0.29, 0.717) is 23.1 Å². The number of amides is 2. The average Bonchev–Trinajstić information content (AvgIpc) is 2.75. The molecule has 1 N–H and O–H groups in total. The van der Waals surface area contributed by atoms with E-state index in [1.165, 1.54) is 4.90 Å². The number of carbonyl (C=O) groups excluding carboxylic acids is 2. The minimum Gasteiger partial charge on any atom is -0.354 e. The molecule has 2 amide bonds. The van der Waals surface area contributed by atoms with Crippen LogP contribution in [0.3, 0.4) is 0 Å². The predicted octanol–water partition coefficient (Wildman–Crippen LogP) is 3.45. The molecule has 0 aliphatic heterocycles. The van der Waals surface area contributed by atoms with Crippen LogP contribution in [0.5, 0.6) is 0 Å². The predicted molar refractivity (Wildman–Crippen MR) is 136 cm³/mol. The van der Waals surface area contributed by atoms with E-state index >= 15 is 0 Å². The summed E-state index contributed by atoms with van der Waals surface area (Å²) in [4.78, 5) is 27.6. The number of rotatable bonds is 11. The topological polar surface area (TPSA) is 86.8 Å². The molecule has 2 aromatic rings. The van der Waals surface area contributed by atoms with E-state index in [1.807, 2.05) is 44.2 Å². The van der Waals surface area contributed by atoms with Crippen molar-refractivity contribution < 1.29 is 18.0 Å². The lowest BCUT2D eigenvalue weighted by Gasteiger charge is -2.31. The number of sulfonamides is 1. The monoisotopic (exact) mass is 537 g/mol. The summed E-state index contributed by atoms with van der Waals surface area (Å²) in [6.07, 6.45) is 1.61. The fourth-order valence-electron chi connectivity index (χ4n) is 3.27. The average molecular weight is 539 g/mol. The molecule has 0 aliphatic carbocycles. The Morgan fingerprint density at radius 3 is 2.27 bits per heavy atom. The molecule has 0 aromatic heterocycles. The summed E-state index contributed by atoms with van der Waals surface area (Å²) in [6, 6.07) is 15.7. The van der Waals surface area contributed by atoms with Crippen LogP contribution >= 0.6 is 15.9 Å². The van der Waals surface area contributed by atoms with Crippen molar-refractivity contribution in [3.63, 3.8) is 0 Å². The molecule has 0 aliphatic rings. The van der Waals surface area contributed by atoms with Crippen molar-refractivity contribution in [3.05, 3.63) is 64.6 Å². The second kappa shape index (κ2) is 12.2. The Morgan fingerprint density at radius 2 is 1.70 bits per heavy atom. The zero-order valence-electron chi connectivity index (χ0n) is 19.5. The third kappa shape index (κ3) is 8.47. The third-order valence-electron chi connectivity index (χ3n) is 5.11. The first-order valence-electron chi connectivity index (χ1n) is 10.8. The first kappa shape index (κ1) is 26.9. The summed E-state index contributed by atoms with van der Waals surface area (Å²) in [5, 5.41) is 2.87. The molecule has 0 saturated heterocycles. The molecule has 0 bridgehead atoms. The Bertz CT molecular complexity index is 1040. The minimum absolute atomic E-state index is 0.265. The van der Waals surface area contributed by atoms with Crippen molar-refractivity contribution in [2.24, 2.45) is 5.92 Å². The standard InChI is InChI=1S/C24H32BrN3O4S/c1-18(2)16-26-24(30)19(3)27(14-13-20-9-6-5-7-10-20)23(29)17-28(33(4,31)32)22-12-8-11-21(25)15-22/h5-12,15,18-19H,13-14,16-17H2,1-4H3,(H,26,30)/t19-/m0/s1. The van der Waals surface area contributed by atoms with Crippen LogP contribution in [0.2, 0.25) is 0 Å². The fraction of sp³-hybridized carbons (Fsp3) is 0.417. The number of nitrogens with one attached hydrogen (secondary N) is 1. The molecule has 0 spiro atoms. The smallest absolute Gasteiger partial charge is 0.244 e. The summed E-state index contributed by atoms with van der Waals surface area (Å²) in [5.41, 5.74) is 1.40. The van der Waals surface area contributed by atoms with Gasteiger partial charge in [-0.2, -0.15) is 0 Å². The maximum absolute atomic E-state index is 13.4. The van der Waals surface area contributed by atoms with Crippen molar-refractivity contribution in [1.29, 1.82) is 0 Å². The highest BCUT2D eigenvalue weighted by Crippen LogP contribution is 2.22. The lowest BCUT2D eigenvalue weighted by atomic mass is 10.1. The molecule has 0 radical (unpaired) electrons. The van der Waals surface area contributed by atoms with Crippen molar-refractivity contribution >= 4 is 43.5 Å². The highest BCUT2D eigenvalue weighted by molar-refractivity contribution is 9.10. The molecule has 0 fully saturated rings. The zero-order valence-corrected chi connectivity index (χ0v) is 21.9. The van der Waals surface area contributed by atoms with Gasteiger partial charge in [0.05, 0.1) is 11.9 Å². The molecule has 9 heteroatoms. The van der Waals surface area contributed by atoms with Gasteiger partial charge in [-0.1, -0.05) is 66.2 Å². The van der Waals surface area contributed by atoms with Crippen molar-refractivity contribution in [1.82, 2.24) is 10.2 Å². The van der Waals surface area contributed by atoms with Gasteiger partial charge >= 0.3 is 0 Å². The zero-order chi connectivity index (χ0) is 24.6. The molecule has 2 rings (SSSR count). The highest BCUT2D eigenvalue weighted by Gasteiger charge is 2.29. The number of anilines is 1. The molecule has 180 valence electrons. The van der Waals surface area contributed by atoms with E-state index in [1.54, 1.807) is 31.2 Å². The molecule has 0 unspecified atom stereocenters. The second-order valence-electron chi connectivity index (χ2n) is 8.39. The molecule has 33 heavy (non-hydrogen) atoms. The van der Waals surface area contributed by atoms with Gasteiger partial charge in [-0.15, -0.1) is 0 Å². The molecule has 0 saturated carbocycles. The van der Waals surface area contributed by atoms with Gasteiger partial charge < -0.3 is 10.2 Å². The molecule has 1 atom stereocenters. The van der Waals surface area contributed by atoms with Gasteiger partial charge in [0.25, 0.3) is 0 Å². The van der Waals surface area contributed by atoms with Gasteiger partial charge in [0, 0.05) is 17.6 Å². The molecule has 2 aromatic carbocycles. The number of halogens is 1. The number of hydrogen-bond donors (Lipinski definition) is 1. The number of hydrogen-bond acceptors (Lipinski definition) is 4. The lowest BCUT2D eigenvalue weighted by molar-refractivity contribution is -0.138. The van der Waals surface area contributed by atoms with E-state index in [9.17, 15) is 18.0 Å². The molecule has 0 heterocycles. The van der Waals surface area contributed by atoms with Crippen molar-refractivity contribution in [2.75, 3.05) is 30.2 Å². The Kier molecular flexibility index (Phi) is 9.91. The fourth-order valence-corrected chi connectivity index (χ4v) is 4.50. The molecular formula is C24H32BrN3O4S. The summed E-state index contributed by atoms with van der Waals surface area (Å²) >= 11 is 3.34. The largest absolute Gasteiger partial charge is 0.354 e. The third-order valence-corrected chi connectivity index (χ3v) is 6.75. The van der Waals surface area contributed by atoms with Crippen LogP contribution in [0.4, 0.5) is 5.69 Å². The lowest BCUT2D eigenvalue weighted by Crippen LogP contribution is -2.52. The molecule has 7 nitrogen and oxygen atoms in total. The summed E-state index contributed by atoms with van der Waals surface area (Å²) in [5.74, 6) is -0.436. The first-order chi connectivity index (χ1) is 15.5. The Labute approximate surface area is 205 Å². The Hall–Kier alpha value is -2.39. The van der Waals surface area contributed by atoms with Crippen molar-refractivity contribution in [3.8, 4) is 0 Å². The van der Waals surface area contributed by atoms with E-state index < -0.39 is 28.5 Å². The second-order valence-corrected chi connectivity index (χ2v) is 11.2. The minimum atomic E-state index is -3.73. The van der Waals surface area contributed by atoms with Crippen LogP contribution in [0, 0.1) is 5.92 Å². The van der Waals surface area contributed by atoms with Crippen LogP contribution < -0.4 is 9.62 Å². The van der Waals surface area contributed by atoms with Crippen LogP contribution in [-0.4, -0.2) is 57.1 Å². The quantitative estimate of drug-likeness (QED) is 0.475. The number of nitrogens with zero attached hydrogens (tertiary/aromatic N) is 2. The van der Waals surface area contributed by atoms with Gasteiger partial charge in [-0.25, -0.2) is 8.42 Å². The highest BCUT2D eigenvalue weighted by atomic mass is 79.9. The van der Waals surface area contributed by atoms with E-state index in [0.717, 1.165) is 16.1 Å². The maximum atomic E-state index is 13.4. The van der Waals surface area contributed by atoms with E-state index in [-0.39, 0.29) is 18.4 Å². The van der Waals surface area contributed by atoms with Crippen LogP contribution in [0.25, 0.3) is 0 Å². The molecular weight excluding hydrogens is 506 g/mol. The van der Waals surface area contributed by atoms with Gasteiger partial charge in [0.2, 0.25) is 21.8 Å². The van der Waals surface area contributed by atoms with Crippen LogP contribution in [-0.2, 0) is 26.0 Å². The normalized spacial score (nSPS) is 12.3. The van der Waals surface area contributed by atoms with Gasteiger partial charge in [-0.05, 0) is 43.0 Å². The van der Waals surface area contributed by atoms with Gasteiger partial charge in [0.15, 0.2) is 0 Å². The van der Waals surface area contributed by atoms with Crippen LogP contribution in [0.1, 0.15) is 26.3 Å². The first-order valence-corrected chi connectivity index (χ1v) is 13.5. The summed E-state index contributed by atoms with van der Waals surface area (Å²) < 4.78 is 26.8. The number of benzene rings is 2. The van der Waals surface area contributed by atoms with Crippen molar-refractivity contribution in [2.45, 2.75) is 33.2 Å². The SMILES string of the molecule is CC(C)CNC(=O)[C@H](C)N(CCc1ccccc1)C(=O)CN(c1cccc(Br)c1)S(C)(=O)=O. The Morgan fingerprint density at radius 1 is 1.03 bits per heavy atom.